The molecule has 2 N–H and O–H groups in total. The molecule has 0 aromatic carbocycles. The van der Waals surface area contributed by atoms with Crippen LogP contribution in [0.3, 0.4) is 0 Å². The molecule has 7 nitrogen and oxygen atoms in total. The number of carboxylic acids is 1. The fourth-order valence-corrected chi connectivity index (χ4v) is 1.95. The normalized spacial score (nSPS) is 21.3. The lowest BCUT2D eigenvalue weighted by Crippen LogP contribution is -2.46. The average molecular weight is 246 g/mol. The van der Waals surface area contributed by atoms with Crippen molar-refractivity contribution in [2.45, 2.75) is 19.4 Å². The molecule has 0 amide bonds. The van der Waals surface area contributed by atoms with Crippen LogP contribution in [0.4, 0.5) is 5.82 Å². The first-order valence-corrected chi connectivity index (χ1v) is 5.13. The highest BCUT2D eigenvalue weighted by atomic mass is 16.4. The summed E-state index contributed by atoms with van der Waals surface area (Å²) in [5.41, 5.74) is -1.31. The van der Waals surface area contributed by atoms with Crippen molar-refractivity contribution in [2.75, 3.05) is 5.32 Å². The fraction of sp³-hybridized carbons (Fsp3) is 0.273. The average Bonchev–Trinajstić information content (AvgIpc) is 2.72. The lowest BCUT2D eigenvalue weighted by molar-refractivity contribution is -0.146. The number of carbonyl (C=O) groups excluding carboxylic acids is 1. The molecule has 0 radical (unpaired) electrons. The minimum Gasteiger partial charge on any atom is -0.479 e. The number of carboxylic acid groups (broad SMARTS) is 1. The van der Waals surface area contributed by atoms with Crippen molar-refractivity contribution < 1.29 is 14.7 Å². The summed E-state index contributed by atoms with van der Waals surface area (Å²) in [6.45, 7) is 2.66. The molecule has 1 aromatic rings. The van der Waals surface area contributed by atoms with Crippen LogP contribution < -0.4 is 5.32 Å². The van der Waals surface area contributed by atoms with Crippen LogP contribution in [0.5, 0.6) is 0 Å². The van der Waals surface area contributed by atoms with E-state index in [-0.39, 0.29) is 22.7 Å². The number of hydrogen-bond donors (Lipinski definition) is 2. The predicted octanol–water partition coefficient (Wildman–Crippen LogP) is 0.453. The second kappa shape index (κ2) is 3.70. The molecule has 92 valence electrons. The van der Waals surface area contributed by atoms with Crippen LogP contribution in [0, 0.1) is 11.3 Å². The number of nitriles is 1. The van der Waals surface area contributed by atoms with Gasteiger partial charge in [0.25, 0.3) is 0 Å². The maximum absolute atomic E-state index is 11.5. The Morgan fingerprint density at radius 2 is 2.28 bits per heavy atom. The molecule has 0 saturated heterocycles. The first-order valence-electron chi connectivity index (χ1n) is 5.13. The maximum Gasteiger partial charge on any atom is 0.336 e. The number of rotatable bonds is 2. The van der Waals surface area contributed by atoms with Crippen molar-refractivity contribution in [3.05, 3.63) is 23.5 Å². The summed E-state index contributed by atoms with van der Waals surface area (Å²) in [6, 6.07) is 1.90. The van der Waals surface area contributed by atoms with Gasteiger partial charge in [0.1, 0.15) is 17.5 Å². The minimum absolute atomic E-state index is 0.0788. The molecule has 2 heterocycles. The number of Topliss-reactive ketones (excluding diaryl/α,β-unsaturated/α-hetero) is 1. The minimum atomic E-state index is -1.61. The molecule has 0 aliphatic carbocycles. The molecule has 2 rings (SSSR count). The Morgan fingerprint density at radius 3 is 2.78 bits per heavy atom. The quantitative estimate of drug-likeness (QED) is 0.784. The third kappa shape index (κ3) is 1.32. The van der Waals surface area contributed by atoms with Gasteiger partial charge in [-0.05, 0) is 13.8 Å². The highest BCUT2D eigenvalue weighted by molar-refractivity contribution is 6.02. The van der Waals surface area contributed by atoms with Gasteiger partial charge in [-0.15, -0.1) is 0 Å². The molecule has 1 aliphatic heterocycles. The molecule has 0 bridgehead atoms. The second-order valence-electron chi connectivity index (χ2n) is 4.07. The SMILES string of the molecule is CC(=O)C1=CNc2c(C#N)cnn2C1(C)C(=O)O. The molecule has 0 spiro atoms. The summed E-state index contributed by atoms with van der Waals surface area (Å²) in [6.07, 6.45) is 2.58. The van der Waals surface area contributed by atoms with Crippen molar-refractivity contribution in [2.24, 2.45) is 0 Å². The van der Waals surface area contributed by atoms with Gasteiger partial charge in [0.05, 0.1) is 6.20 Å². The number of anilines is 1. The van der Waals surface area contributed by atoms with Gasteiger partial charge in [0, 0.05) is 11.8 Å². The van der Waals surface area contributed by atoms with Crippen molar-refractivity contribution >= 4 is 17.6 Å². The van der Waals surface area contributed by atoms with Crippen LogP contribution in [0.1, 0.15) is 19.4 Å². The number of nitrogens with one attached hydrogen (secondary N) is 1. The van der Waals surface area contributed by atoms with Gasteiger partial charge < -0.3 is 10.4 Å². The van der Waals surface area contributed by atoms with E-state index in [1.54, 1.807) is 0 Å². The van der Waals surface area contributed by atoms with Crippen LogP contribution in [-0.2, 0) is 15.1 Å². The molecule has 7 heteroatoms. The molecule has 1 unspecified atom stereocenters. The van der Waals surface area contributed by atoms with E-state index in [4.69, 9.17) is 5.26 Å². The van der Waals surface area contributed by atoms with E-state index in [1.165, 1.54) is 26.2 Å². The molecule has 18 heavy (non-hydrogen) atoms. The fourth-order valence-electron chi connectivity index (χ4n) is 1.95. The highest BCUT2D eigenvalue weighted by Gasteiger charge is 2.46. The Bertz CT molecular complexity index is 623. The second-order valence-corrected chi connectivity index (χ2v) is 4.07. The zero-order valence-electron chi connectivity index (χ0n) is 9.76. The van der Waals surface area contributed by atoms with E-state index in [0.29, 0.717) is 0 Å². The van der Waals surface area contributed by atoms with Gasteiger partial charge in [-0.2, -0.15) is 10.4 Å². The molecule has 0 saturated carbocycles. The summed E-state index contributed by atoms with van der Waals surface area (Å²) in [5.74, 6) is -1.31. The lowest BCUT2D eigenvalue weighted by atomic mass is 9.88. The van der Waals surface area contributed by atoms with Gasteiger partial charge >= 0.3 is 5.97 Å². The van der Waals surface area contributed by atoms with Crippen molar-refractivity contribution in [1.29, 1.82) is 5.26 Å². The summed E-state index contributed by atoms with van der Waals surface area (Å²) in [7, 11) is 0. The van der Waals surface area contributed by atoms with Gasteiger partial charge in [-0.1, -0.05) is 0 Å². The van der Waals surface area contributed by atoms with Crippen molar-refractivity contribution in [1.82, 2.24) is 9.78 Å². The summed E-state index contributed by atoms with van der Waals surface area (Å²) >= 11 is 0. The van der Waals surface area contributed by atoms with Crippen LogP contribution >= 0.6 is 0 Å². The van der Waals surface area contributed by atoms with E-state index in [2.05, 4.69) is 10.4 Å². The van der Waals surface area contributed by atoms with E-state index in [0.717, 1.165) is 4.68 Å². The van der Waals surface area contributed by atoms with Gasteiger partial charge in [-0.3, -0.25) is 4.79 Å². The zero-order chi connectivity index (χ0) is 13.5. The molecule has 0 fully saturated rings. The third-order valence-electron chi connectivity index (χ3n) is 2.99. The highest BCUT2D eigenvalue weighted by Crippen LogP contribution is 2.34. The monoisotopic (exact) mass is 246 g/mol. The van der Waals surface area contributed by atoms with Gasteiger partial charge in [0.15, 0.2) is 11.3 Å². The summed E-state index contributed by atoms with van der Waals surface area (Å²) in [5, 5.41) is 24.9. The Hall–Kier alpha value is -2.62. The standard InChI is InChI=1S/C11H10N4O3/c1-6(16)8-5-13-9-7(3-12)4-14-15(9)11(8,2)10(17)18/h4-5,13H,1-2H3,(H,17,18). The number of aromatic nitrogens is 2. The van der Waals surface area contributed by atoms with E-state index < -0.39 is 11.5 Å². The zero-order valence-corrected chi connectivity index (χ0v) is 9.76. The van der Waals surface area contributed by atoms with Gasteiger partial charge in [-0.25, -0.2) is 9.48 Å². The Labute approximate surface area is 102 Å². The van der Waals surface area contributed by atoms with Crippen LogP contribution in [-0.4, -0.2) is 26.6 Å². The van der Waals surface area contributed by atoms with E-state index >= 15 is 0 Å². The number of ketones is 1. The van der Waals surface area contributed by atoms with Crippen LogP contribution in [0.25, 0.3) is 0 Å². The first kappa shape index (κ1) is 11.9. The number of carbonyl (C=O) groups is 2. The molecule has 1 aliphatic rings. The van der Waals surface area contributed by atoms with Crippen LogP contribution in [0.2, 0.25) is 0 Å². The molecular formula is C11H10N4O3. The lowest BCUT2D eigenvalue weighted by Gasteiger charge is -2.32. The molecular weight excluding hydrogens is 236 g/mol. The van der Waals surface area contributed by atoms with Crippen molar-refractivity contribution in [3.63, 3.8) is 0 Å². The first-order chi connectivity index (χ1) is 8.42. The number of hydrogen-bond acceptors (Lipinski definition) is 5. The summed E-state index contributed by atoms with van der Waals surface area (Å²) < 4.78 is 1.14. The van der Waals surface area contributed by atoms with Gasteiger partial charge in [0.2, 0.25) is 0 Å². The Morgan fingerprint density at radius 1 is 1.61 bits per heavy atom. The topological polar surface area (TPSA) is 108 Å². The van der Waals surface area contributed by atoms with E-state index in [1.807, 2.05) is 6.07 Å². The summed E-state index contributed by atoms with van der Waals surface area (Å²) in [4.78, 5) is 23.0. The smallest absolute Gasteiger partial charge is 0.336 e. The predicted molar refractivity (Wildman–Crippen MR) is 60.6 cm³/mol. The largest absolute Gasteiger partial charge is 0.479 e. The molecule has 1 atom stereocenters. The number of aliphatic carboxylic acids is 1. The van der Waals surface area contributed by atoms with Crippen molar-refractivity contribution in [3.8, 4) is 6.07 Å². The molecule has 1 aromatic heterocycles. The number of fused-ring (bicyclic) bond motifs is 1. The van der Waals surface area contributed by atoms with Crippen LogP contribution in [0.15, 0.2) is 18.0 Å². The maximum atomic E-state index is 11.5. The van der Waals surface area contributed by atoms with E-state index in [9.17, 15) is 14.7 Å². The Kier molecular flexibility index (Phi) is 2.44. The number of nitrogens with zero attached hydrogens (tertiary/aromatic N) is 3. The Balaban J connectivity index is 2.71. The third-order valence-corrected chi connectivity index (χ3v) is 2.99.